The van der Waals surface area contributed by atoms with Gasteiger partial charge in [-0.15, -0.1) is 11.8 Å². The van der Waals surface area contributed by atoms with Crippen LogP contribution in [0.4, 0.5) is 4.39 Å². The van der Waals surface area contributed by atoms with Crippen molar-refractivity contribution in [3.8, 4) is 0 Å². The minimum absolute atomic E-state index is 0.0382. The van der Waals surface area contributed by atoms with Gasteiger partial charge in [0.05, 0.1) is 11.1 Å². The standard InChI is InChI=1S/C16H17ClFNOS/c1-21-14-8-3-2-5-11(14)16(20)12(9-19)10-6-4-7-13(17)15(10)18/h2-8,12,16,20H,9,19H2,1H3. The van der Waals surface area contributed by atoms with Crippen LogP contribution in [0.15, 0.2) is 47.4 Å². The van der Waals surface area contributed by atoms with Crippen molar-refractivity contribution in [2.24, 2.45) is 5.73 Å². The van der Waals surface area contributed by atoms with E-state index in [-0.39, 0.29) is 11.6 Å². The Morgan fingerprint density at radius 1 is 1.19 bits per heavy atom. The minimum Gasteiger partial charge on any atom is -0.388 e. The maximum Gasteiger partial charge on any atom is 0.145 e. The van der Waals surface area contributed by atoms with E-state index >= 15 is 0 Å². The third-order valence-corrected chi connectivity index (χ3v) is 4.58. The minimum atomic E-state index is -0.883. The number of rotatable bonds is 5. The lowest BCUT2D eigenvalue weighted by Crippen LogP contribution is -2.21. The first-order valence-electron chi connectivity index (χ1n) is 6.55. The highest BCUT2D eigenvalue weighted by atomic mass is 35.5. The molecule has 0 aliphatic heterocycles. The van der Waals surface area contributed by atoms with Gasteiger partial charge in [-0.2, -0.15) is 0 Å². The molecule has 0 fully saturated rings. The van der Waals surface area contributed by atoms with E-state index in [0.29, 0.717) is 5.56 Å². The van der Waals surface area contributed by atoms with Gasteiger partial charge < -0.3 is 10.8 Å². The number of hydrogen-bond donors (Lipinski definition) is 2. The molecule has 0 spiro atoms. The molecule has 0 saturated carbocycles. The number of aliphatic hydroxyl groups excluding tert-OH is 1. The molecular formula is C16H17ClFNOS. The van der Waals surface area contributed by atoms with E-state index in [1.165, 1.54) is 17.8 Å². The van der Waals surface area contributed by atoms with Gasteiger partial charge in [0.25, 0.3) is 0 Å². The van der Waals surface area contributed by atoms with E-state index in [9.17, 15) is 9.50 Å². The molecule has 0 radical (unpaired) electrons. The summed E-state index contributed by atoms with van der Waals surface area (Å²) in [4.78, 5) is 0.950. The molecule has 2 atom stereocenters. The Morgan fingerprint density at radius 2 is 1.86 bits per heavy atom. The van der Waals surface area contributed by atoms with E-state index in [1.54, 1.807) is 12.1 Å². The van der Waals surface area contributed by atoms with Crippen molar-refractivity contribution in [2.45, 2.75) is 16.9 Å². The fraction of sp³-hybridized carbons (Fsp3) is 0.250. The maximum atomic E-state index is 14.2. The molecule has 3 N–H and O–H groups in total. The van der Waals surface area contributed by atoms with E-state index in [2.05, 4.69) is 0 Å². The monoisotopic (exact) mass is 325 g/mol. The van der Waals surface area contributed by atoms with Crippen LogP contribution in [0.2, 0.25) is 5.02 Å². The molecule has 0 bridgehead atoms. The molecule has 5 heteroatoms. The SMILES string of the molecule is CSc1ccccc1C(O)C(CN)c1cccc(Cl)c1F. The highest BCUT2D eigenvalue weighted by Gasteiger charge is 2.26. The van der Waals surface area contributed by atoms with Gasteiger partial charge in [0.15, 0.2) is 0 Å². The van der Waals surface area contributed by atoms with Gasteiger partial charge in [-0.05, 0) is 29.5 Å². The fourth-order valence-corrected chi connectivity index (χ4v) is 3.18. The van der Waals surface area contributed by atoms with E-state index < -0.39 is 17.8 Å². The molecular weight excluding hydrogens is 309 g/mol. The second-order valence-corrected chi connectivity index (χ2v) is 5.93. The Bertz CT molecular complexity index is 623. The van der Waals surface area contributed by atoms with Crippen molar-refractivity contribution in [1.29, 1.82) is 0 Å². The zero-order valence-corrected chi connectivity index (χ0v) is 13.2. The smallest absolute Gasteiger partial charge is 0.145 e. The summed E-state index contributed by atoms with van der Waals surface area (Å²) in [6.45, 7) is 0.126. The Balaban J connectivity index is 2.43. The zero-order valence-electron chi connectivity index (χ0n) is 11.6. The molecule has 2 unspecified atom stereocenters. The number of nitrogens with two attached hydrogens (primary N) is 1. The molecule has 0 amide bonds. The number of thioether (sulfide) groups is 1. The highest BCUT2D eigenvalue weighted by Crippen LogP contribution is 2.37. The normalized spacial score (nSPS) is 14.0. The van der Waals surface area contributed by atoms with E-state index in [4.69, 9.17) is 17.3 Å². The number of hydrogen-bond acceptors (Lipinski definition) is 3. The lowest BCUT2D eigenvalue weighted by atomic mass is 9.89. The van der Waals surface area contributed by atoms with Gasteiger partial charge in [-0.25, -0.2) is 4.39 Å². The Hall–Kier alpha value is -1.07. The number of benzene rings is 2. The molecule has 112 valence electrons. The molecule has 2 aromatic carbocycles. The first kappa shape index (κ1) is 16.3. The molecule has 0 saturated heterocycles. The maximum absolute atomic E-state index is 14.2. The second-order valence-electron chi connectivity index (χ2n) is 4.67. The Labute approximate surface area is 133 Å². The summed E-state index contributed by atoms with van der Waals surface area (Å²) >= 11 is 7.36. The summed E-state index contributed by atoms with van der Waals surface area (Å²) in [6.07, 6.45) is 1.05. The fourth-order valence-electron chi connectivity index (χ4n) is 2.36. The third-order valence-electron chi connectivity index (χ3n) is 3.47. The molecule has 0 aliphatic rings. The summed E-state index contributed by atoms with van der Waals surface area (Å²) in [6, 6.07) is 12.3. The van der Waals surface area contributed by atoms with Crippen LogP contribution in [0.25, 0.3) is 0 Å². The van der Waals surface area contributed by atoms with Crippen molar-refractivity contribution in [3.63, 3.8) is 0 Å². The van der Waals surface area contributed by atoms with Crippen LogP contribution >= 0.6 is 23.4 Å². The predicted octanol–water partition coefficient (Wildman–Crippen LogP) is 3.98. The van der Waals surface area contributed by atoms with Crippen LogP contribution in [0.5, 0.6) is 0 Å². The number of halogens is 2. The predicted molar refractivity (Wildman–Crippen MR) is 86.4 cm³/mol. The van der Waals surface area contributed by atoms with Crippen molar-refractivity contribution in [3.05, 3.63) is 64.4 Å². The van der Waals surface area contributed by atoms with Gasteiger partial charge in [0.2, 0.25) is 0 Å². The highest BCUT2D eigenvalue weighted by molar-refractivity contribution is 7.98. The summed E-state index contributed by atoms with van der Waals surface area (Å²) < 4.78 is 14.2. The summed E-state index contributed by atoms with van der Waals surface area (Å²) in [5.74, 6) is -1.06. The molecule has 21 heavy (non-hydrogen) atoms. The summed E-state index contributed by atoms with van der Waals surface area (Å²) in [5, 5.41) is 10.7. The van der Waals surface area contributed by atoms with Crippen LogP contribution in [-0.2, 0) is 0 Å². The van der Waals surface area contributed by atoms with Gasteiger partial charge in [0, 0.05) is 17.4 Å². The Morgan fingerprint density at radius 3 is 2.52 bits per heavy atom. The van der Waals surface area contributed by atoms with Crippen LogP contribution in [0.1, 0.15) is 23.1 Å². The van der Waals surface area contributed by atoms with Crippen LogP contribution < -0.4 is 5.73 Å². The lowest BCUT2D eigenvalue weighted by molar-refractivity contribution is 0.143. The molecule has 0 aliphatic carbocycles. The quantitative estimate of drug-likeness (QED) is 0.817. The number of aliphatic hydroxyl groups is 1. The van der Waals surface area contributed by atoms with Gasteiger partial charge >= 0.3 is 0 Å². The van der Waals surface area contributed by atoms with Crippen molar-refractivity contribution < 1.29 is 9.50 Å². The summed E-state index contributed by atoms with van der Waals surface area (Å²) in [5.41, 5.74) is 6.87. The van der Waals surface area contributed by atoms with Crippen molar-refractivity contribution in [1.82, 2.24) is 0 Å². The molecule has 2 nitrogen and oxygen atoms in total. The first-order chi connectivity index (χ1) is 10.1. The van der Waals surface area contributed by atoms with E-state index in [1.807, 2.05) is 30.5 Å². The topological polar surface area (TPSA) is 46.2 Å². The van der Waals surface area contributed by atoms with Gasteiger partial charge in [-0.3, -0.25) is 0 Å². The first-order valence-corrected chi connectivity index (χ1v) is 8.15. The third kappa shape index (κ3) is 3.40. The largest absolute Gasteiger partial charge is 0.388 e. The van der Waals surface area contributed by atoms with Crippen molar-refractivity contribution in [2.75, 3.05) is 12.8 Å². The average molecular weight is 326 g/mol. The molecule has 2 aromatic rings. The summed E-state index contributed by atoms with van der Waals surface area (Å²) in [7, 11) is 0. The van der Waals surface area contributed by atoms with Crippen LogP contribution in [0.3, 0.4) is 0 Å². The Kier molecular flexibility index (Phi) is 5.65. The van der Waals surface area contributed by atoms with Gasteiger partial charge in [0.1, 0.15) is 5.82 Å². The second kappa shape index (κ2) is 7.27. The lowest BCUT2D eigenvalue weighted by Gasteiger charge is -2.24. The zero-order chi connectivity index (χ0) is 15.4. The van der Waals surface area contributed by atoms with E-state index in [0.717, 1.165) is 10.5 Å². The van der Waals surface area contributed by atoms with Crippen LogP contribution in [-0.4, -0.2) is 17.9 Å². The van der Waals surface area contributed by atoms with Gasteiger partial charge in [-0.1, -0.05) is 41.9 Å². The molecule has 0 aromatic heterocycles. The average Bonchev–Trinajstić information content (AvgIpc) is 2.51. The van der Waals surface area contributed by atoms with Crippen molar-refractivity contribution >= 4 is 23.4 Å². The van der Waals surface area contributed by atoms with Crippen LogP contribution in [0, 0.1) is 5.82 Å². The molecule has 2 rings (SSSR count). The molecule has 0 heterocycles.